The van der Waals surface area contributed by atoms with Crippen molar-refractivity contribution in [2.45, 2.75) is 12.1 Å². The smallest absolute Gasteiger partial charge is 0.335 e. The van der Waals surface area contributed by atoms with E-state index in [0.717, 1.165) is 4.47 Å². The highest BCUT2D eigenvalue weighted by Gasteiger charge is 2.21. The summed E-state index contributed by atoms with van der Waals surface area (Å²) in [4.78, 5) is 0. The lowest BCUT2D eigenvalue weighted by Gasteiger charge is -1.97. The molecule has 2 aromatic rings. The van der Waals surface area contributed by atoms with Gasteiger partial charge in [-0.3, -0.25) is 0 Å². The summed E-state index contributed by atoms with van der Waals surface area (Å²) in [5.41, 5.74) is 0.664. The van der Waals surface area contributed by atoms with Crippen molar-refractivity contribution in [1.29, 1.82) is 0 Å². The molecule has 0 aliphatic rings. The number of rotatable bonds is 3. The number of hydrogen-bond acceptors (Lipinski definition) is 5. The quantitative estimate of drug-likeness (QED) is 0.868. The standard InChI is InChI=1S/C10H9BrN2O3S/c1-2-17(14,15)10-13-12-9(16-10)7-5-3-4-6-8(7)11/h3-6H,2H2,1H3. The van der Waals surface area contributed by atoms with E-state index in [9.17, 15) is 8.42 Å². The molecule has 0 aliphatic carbocycles. The zero-order valence-electron chi connectivity index (χ0n) is 8.92. The van der Waals surface area contributed by atoms with Gasteiger partial charge in [-0.2, -0.15) is 0 Å². The van der Waals surface area contributed by atoms with Crippen molar-refractivity contribution in [3.8, 4) is 11.5 Å². The van der Waals surface area contributed by atoms with Crippen LogP contribution in [0.4, 0.5) is 0 Å². The zero-order chi connectivity index (χ0) is 12.5. The van der Waals surface area contributed by atoms with Crippen LogP contribution >= 0.6 is 15.9 Å². The van der Waals surface area contributed by atoms with Crippen LogP contribution in [0, 0.1) is 0 Å². The Morgan fingerprint density at radius 1 is 1.29 bits per heavy atom. The van der Waals surface area contributed by atoms with Crippen molar-refractivity contribution < 1.29 is 12.8 Å². The van der Waals surface area contributed by atoms with Gasteiger partial charge in [-0.05, 0) is 28.1 Å². The Morgan fingerprint density at radius 2 is 2.00 bits per heavy atom. The third-order valence-corrected chi connectivity index (χ3v) is 4.31. The molecule has 0 amide bonds. The van der Waals surface area contributed by atoms with E-state index < -0.39 is 9.84 Å². The Kier molecular flexibility index (Phi) is 3.30. The van der Waals surface area contributed by atoms with Crippen LogP contribution in [0.25, 0.3) is 11.5 Å². The second-order valence-corrected chi connectivity index (χ2v) is 6.27. The fourth-order valence-corrected chi connectivity index (χ4v) is 2.27. The molecule has 0 saturated heterocycles. The van der Waals surface area contributed by atoms with Crippen molar-refractivity contribution in [2.75, 3.05) is 5.75 Å². The number of sulfone groups is 1. The van der Waals surface area contributed by atoms with Crippen molar-refractivity contribution in [2.24, 2.45) is 0 Å². The van der Waals surface area contributed by atoms with E-state index in [0.29, 0.717) is 5.56 Å². The highest BCUT2D eigenvalue weighted by molar-refractivity contribution is 9.10. The molecule has 90 valence electrons. The molecule has 1 aromatic heterocycles. The molecule has 0 unspecified atom stereocenters. The Labute approximate surface area is 107 Å². The maximum atomic E-state index is 11.5. The predicted octanol–water partition coefficient (Wildman–Crippen LogP) is 2.29. The van der Waals surface area contributed by atoms with Crippen LogP contribution in [0.3, 0.4) is 0 Å². The molecule has 0 N–H and O–H groups in total. The van der Waals surface area contributed by atoms with Crippen LogP contribution in [0.5, 0.6) is 0 Å². The number of aromatic nitrogens is 2. The molecule has 1 aromatic carbocycles. The van der Waals surface area contributed by atoms with Crippen molar-refractivity contribution in [1.82, 2.24) is 10.2 Å². The summed E-state index contributed by atoms with van der Waals surface area (Å²) in [5.74, 6) is 0.120. The maximum absolute atomic E-state index is 11.5. The van der Waals surface area contributed by atoms with E-state index in [1.54, 1.807) is 12.1 Å². The lowest BCUT2D eigenvalue weighted by Crippen LogP contribution is -2.03. The summed E-state index contributed by atoms with van der Waals surface area (Å²) < 4.78 is 29.0. The molecule has 0 radical (unpaired) electrons. The molecular weight excluding hydrogens is 308 g/mol. The Morgan fingerprint density at radius 3 is 2.65 bits per heavy atom. The largest absolute Gasteiger partial charge is 0.408 e. The SMILES string of the molecule is CCS(=O)(=O)c1nnc(-c2ccccc2Br)o1. The highest BCUT2D eigenvalue weighted by atomic mass is 79.9. The molecular formula is C10H9BrN2O3S. The van der Waals surface area contributed by atoms with Gasteiger partial charge < -0.3 is 4.42 Å². The second kappa shape index (κ2) is 4.58. The summed E-state index contributed by atoms with van der Waals surface area (Å²) in [5, 5.41) is 6.94. The van der Waals surface area contributed by atoms with Gasteiger partial charge in [0.05, 0.1) is 11.3 Å². The molecule has 5 nitrogen and oxygen atoms in total. The minimum atomic E-state index is -3.45. The third kappa shape index (κ3) is 2.39. The van der Waals surface area contributed by atoms with Crippen molar-refractivity contribution in [3.63, 3.8) is 0 Å². The van der Waals surface area contributed by atoms with Gasteiger partial charge in [0.2, 0.25) is 15.7 Å². The van der Waals surface area contributed by atoms with Crippen LogP contribution < -0.4 is 0 Å². The van der Waals surface area contributed by atoms with Crippen LogP contribution in [-0.4, -0.2) is 24.4 Å². The molecule has 1 heterocycles. The van der Waals surface area contributed by atoms with Gasteiger partial charge in [-0.15, -0.1) is 5.10 Å². The molecule has 7 heteroatoms. The van der Waals surface area contributed by atoms with Gasteiger partial charge in [0, 0.05) is 4.47 Å². The Bertz CT molecular complexity index is 637. The zero-order valence-corrected chi connectivity index (χ0v) is 11.3. The van der Waals surface area contributed by atoms with Crippen LogP contribution in [-0.2, 0) is 9.84 Å². The highest BCUT2D eigenvalue weighted by Crippen LogP contribution is 2.27. The fourth-order valence-electron chi connectivity index (χ4n) is 1.20. The van der Waals surface area contributed by atoms with E-state index in [1.807, 2.05) is 12.1 Å². The van der Waals surface area contributed by atoms with Crippen LogP contribution in [0.1, 0.15) is 6.92 Å². The number of hydrogen-bond donors (Lipinski definition) is 0. The van der Waals surface area contributed by atoms with Crippen molar-refractivity contribution >= 4 is 25.8 Å². The Hall–Kier alpha value is -1.21. The first-order valence-electron chi connectivity index (χ1n) is 4.86. The minimum absolute atomic E-state index is 0.0649. The maximum Gasteiger partial charge on any atom is 0.335 e. The first kappa shape index (κ1) is 12.3. The normalized spacial score (nSPS) is 11.6. The minimum Gasteiger partial charge on any atom is -0.408 e. The lowest BCUT2D eigenvalue weighted by molar-refractivity contribution is 0.440. The Balaban J connectivity index is 2.48. The molecule has 17 heavy (non-hydrogen) atoms. The molecule has 0 bridgehead atoms. The van der Waals surface area contributed by atoms with E-state index in [4.69, 9.17) is 4.42 Å². The molecule has 0 saturated carbocycles. The summed E-state index contributed by atoms with van der Waals surface area (Å²) in [6, 6.07) is 7.22. The third-order valence-electron chi connectivity index (χ3n) is 2.16. The molecule has 0 fully saturated rings. The number of halogens is 1. The fraction of sp³-hybridized carbons (Fsp3) is 0.200. The molecule has 0 atom stereocenters. The topological polar surface area (TPSA) is 73.1 Å². The first-order valence-corrected chi connectivity index (χ1v) is 7.30. The lowest BCUT2D eigenvalue weighted by atomic mass is 10.2. The van der Waals surface area contributed by atoms with E-state index in [1.165, 1.54) is 6.92 Å². The summed E-state index contributed by atoms with van der Waals surface area (Å²) in [7, 11) is -3.45. The van der Waals surface area contributed by atoms with E-state index in [2.05, 4.69) is 26.1 Å². The van der Waals surface area contributed by atoms with Crippen molar-refractivity contribution in [3.05, 3.63) is 28.7 Å². The summed E-state index contributed by atoms with van der Waals surface area (Å²) >= 11 is 3.33. The first-order chi connectivity index (χ1) is 8.04. The predicted molar refractivity (Wildman–Crippen MR) is 65.2 cm³/mol. The van der Waals surface area contributed by atoms with Gasteiger partial charge in [-0.25, -0.2) is 8.42 Å². The molecule has 0 aliphatic heterocycles. The van der Waals surface area contributed by atoms with Gasteiger partial charge >= 0.3 is 5.22 Å². The van der Waals surface area contributed by atoms with E-state index >= 15 is 0 Å². The van der Waals surface area contributed by atoms with Gasteiger partial charge in [-0.1, -0.05) is 24.2 Å². The van der Waals surface area contributed by atoms with Gasteiger partial charge in [0.1, 0.15) is 0 Å². The monoisotopic (exact) mass is 316 g/mol. The van der Waals surface area contributed by atoms with Gasteiger partial charge in [0.15, 0.2) is 0 Å². The number of benzene rings is 1. The average molecular weight is 317 g/mol. The summed E-state index contributed by atoms with van der Waals surface area (Å²) in [6.07, 6.45) is 0. The van der Waals surface area contributed by atoms with Crippen LogP contribution in [0.2, 0.25) is 0 Å². The molecule has 2 rings (SSSR count). The van der Waals surface area contributed by atoms with E-state index in [-0.39, 0.29) is 16.9 Å². The second-order valence-electron chi connectivity index (χ2n) is 3.26. The number of nitrogens with zero attached hydrogens (tertiary/aromatic N) is 2. The molecule has 0 spiro atoms. The average Bonchev–Trinajstić information content (AvgIpc) is 2.79. The summed E-state index contributed by atoms with van der Waals surface area (Å²) in [6.45, 7) is 1.53. The van der Waals surface area contributed by atoms with Crippen LogP contribution in [0.15, 0.2) is 38.4 Å². The van der Waals surface area contributed by atoms with Gasteiger partial charge in [0.25, 0.3) is 0 Å².